The number of carbonyl (C=O) groups excluding carboxylic acids is 1. The van der Waals surface area contributed by atoms with E-state index in [1.54, 1.807) is 18.2 Å². The summed E-state index contributed by atoms with van der Waals surface area (Å²) in [6.07, 6.45) is 0.936. The smallest absolute Gasteiger partial charge is 0.226 e. The molecule has 0 aliphatic carbocycles. The number of carbonyl (C=O) groups is 1. The molecule has 2 aromatic carbocycles. The number of nitrogens with zero attached hydrogens (tertiary/aromatic N) is 1. The number of rotatable bonds is 6. The quantitative estimate of drug-likeness (QED) is 0.756. The van der Waals surface area contributed by atoms with Crippen molar-refractivity contribution in [3.63, 3.8) is 0 Å². The lowest BCUT2D eigenvalue weighted by Crippen LogP contribution is -2.27. The van der Waals surface area contributed by atoms with Crippen LogP contribution >= 0.6 is 0 Å². The van der Waals surface area contributed by atoms with Crippen molar-refractivity contribution in [2.75, 3.05) is 6.54 Å². The zero-order valence-corrected chi connectivity index (χ0v) is 13.0. The van der Waals surface area contributed by atoms with E-state index in [0.29, 0.717) is 18.0 Å². The Balaban J connectivity index is 1.51. The first-order chi connectivity index (χ1) is 11.7. The third kappa shape index (κ3) is 4.29. The first-order valence-corrected chi connectivity index (χ1v) is 7.73. The highest BCUT2D eigenvalue weighted by Gasteiger charge is 2.10. The van der Waals surface area contributed by atoms with Crippen LogP contribution in [0, 0.1) is 5.82 Å². The second-order valence-corrected chi connectivity index (χ2v) is 5.45. The highest BCUT2D eigenvalue weighted by molar-refractivity contribution is 5.78. The lowest BCUT2D eigenvalue weighted by atomic mass is 10.1. The second kappa shape index (κ2) is 7.55. The first-order valence-electron chi connectivity index (χ1n) is 7.73. The molecule has 0 spiro atoms. The van der Waals surface area contributed by atoms with Gasteiger partial charge in [-0.05, 0) is 36.2 Å². The fourth-order valence-corrected chi connectivity index (χ4v) is 2.36. The minimum absolute atomic E-state index is 0.107. The number of hydrogen-bond donors (Lipinski definition) is 1. The summed E-state index contributed by atoms with van der Waals surface area (Å²) in [7, 11) is 0. The molecule has 0 saturated carbocycles. The average molecular weight is 324 g/mol. The monoisotopic (exact) mass is 324 g/mol. The summed E-state index contributed by atoms with van der Waals surface area (Å²) in [6, 6.07) is 17.6. The molecule has 0 bridgehead atoms. The SMILES string of the molecule is O=C(Cc1cc(-c2ccc(F)cc2)on1)NCCc1ccccc1. The first kappa shape index (κ1) is 15.9. The predicted octanol–water partition coefficient (Wildman–Crippen LogP) is 3.38. The standard InChI is InChI=1S/C19H17FN2O2/c20-16-8-6-15(7-9-16)18-12-17(22-24-18)13-19(23)21-11-10-14-4-2-1-3-5-14/h1-9,12H,10-11,13H2,(H,21,23). The van der Waals surface area contributed by atoms with Gasteiger partial charge < -0.3 is 9.84 Å². The summed E-state index contributed by atoms with van der Waals surface area (Å²) in [6.45, 7) is 0.575. The van der Waals surface area contributed by atoms with Gasteiger partial charge >= 0.3 is 0 Å². The normalized spacial score (nSPS) is 10.5. The van der Waals surface area contributed by atoms with E-state index in [9.17, 15) is 9.18 Å². The maximum absolute atomic E-state index is 12.9. The maximum Gasteiger partial charge on any atom is 0.226 e. The maximum atomic E-state index is 12.9. The molecular weight excluding hydrogens is 307 g/mol. The van der Waals surface area contributed by atoms with Gasteiger partial charge in [0.2, 0.25) is 5.91 Å². The molecule has 3 rings (SSSR count). The molecule has 3 aromatic rings. The van der Waals surface area contributed by atoms with Gasteiger partial charge in [0.1, 0.15) is 5.82 Å². The lowest BCUT2D eigenvalue weighted by Gasteiger charge is -2.03. The molecule has 5 heteroatoms. The Kier molecular flexibility index (Phi) is 5.01. The van der Waals surface area contributed by atoms with E-state index >= 15 is 0 Å². The van der Waals surface area contributed by atoms with Crippen molar-refractivity contribution in [3.8, 4) is 11.3 Å². The summed E-state index contributed by atoms with van der Waals surface area (Å²) in [4.78, 5) is 12.0. The molecule has 0 atom stereocenters. The van der Waals surface area contributed by atoms with E-state index in [0.717, 1.165) is 12.0 Å². The van der Waals surface area contributed by atoms with Crippen LogP contribution in [0.4, 0.5) is 4.39 Å². The fraction of sp³-hybridized carbons (Fsp3) is 0.158. The Bertz CT molecular complexity index is 798. The van der Waals surface area contributed by atoms with Gasteiger partial charge in [-0.2, -0.15) is 0 Å². The van der Waals surface area contributed by atoms with Crippen LogP contribution in [0.5, 0.6) is 0 Å². The molecule has 0 aliphatic heterocycles. The van der Waals surface area contributed by atoms with Crippen molar-refractivity contribution < 1.29 is 13.7 Å². The molecule has 24 heavy (non-hydrogen) atoms. The van der Waals surface area contributed by atoms with Gasteiger partial charge in [-0.25, -0.2) is 4.39 Å². The zero-order valence-electron chi connectivity index (χ0n) is 13.0. The van der Waals surface area contributed by atoms with E-state index < -0.39 is 0 Å². The summed E-state index contributed by atoms with van der Waals surface area (Å²) in [5.74, 6) is 0.100. The number of halogens is 1. The molecule has 1 aromatic heterocycles. The molecular formula is C19H17FN2O2. The third-order valence-electron chi connectivity index (χ3n) is 3.61. The van der Waals surface area contributed by atoms with E-state index in [4.69, 9.17) is 4.52 Å². The third-order valence-corrected chi connectivity index (χ3v) is 3.61. The fourth-order valence-electron chi connectivity index (χ4n) is 2.36. The number of amides is 1. The molecule has 0 saturated heterocycles. The second-order valence-electron chi connectivity index (χ2n) is 5.45. The summed E-state index contributed by atoms with van der Waals surface area (Å²) >= 11 is 0. The van der Waals surface area contributed by atoms with E-state index in [1.807, 2.05) is 30.3 Å². The van der Waals surface area contributed by atoms with Crippen molar-refractivity contribution in [1.29, 1.82) is 0 Å². The molecule has 0 unspecified atom stereocenters. The van der Waals surface area contributed by atoms with E-state index in [2.05, 4.69) is 10.5 Å². The number of hydrogen-bond acceptors (Lipinski definition) is 3. The summed E-state index contributed by atoms with van der Waals surface area (Å²) in [5.41, 5.74) is 2.45. The van der Waals surface area contributed by atoms with Crippen LogP contribution in [0.25, 0.3) is 11.3 Å². The van der Waals surface area contributed by atoms with Gasteiger partial charge in [-0.1, -0.05) is 35.5 Å². The van der Waals surface area contributed by atoms with Crippen LogP contribution in [0.15, 0.2) is 65.2 Å². The molecule has 4 nitrogen and oxygen atoms in total. The Morgan fingerprint density at radius 3 is 2.58 bits per heavy atom. The van der Waals surface area contributed by atoms with E-state index in [1.165, 1.54) is 17.7 Å². The van der Waals surface area contributed by atoms with Crippen molar-refractivity contribution >= 4 is 5.91 Å². The van der Waals surface area contributed by atoms with Crippen molar-refractivity contribution in [2.24, 2.45) is 0 Å². The van der Waals surface area contributed by atoms with Gasteiger partial charge in [0.15, 0.2) is 5.76 Å². The van der Waals surface area contributed by atoms with Gasteiger partial charge in [-0.15, -0.1) is 0 Å². The van der Waals surface area contributed by atoms with Crippen molar-refractivity contribution in [1.82, 2.24) is 10.5 Å². The Labute approximate surface area is 139 Å². The lowest BCUT2D eigenvalue weighted by molar-refractivity contribution is -0.120. The summed E-state index contributed by atoms with van der Waals surface area (Å²) < 4.78 is 18.1. The molecule has 1 amide bonds. The largest absolute Gasteiger partial charge is 0.356 e. The van der Waals surface area contributed by atoms with Gasteiger partial charge in [0.05, 0.1) is 12.1 Å². The molecule has 0 fully saturated rings. The minimum atomic E-state index is -0.309. The van der Waals surface area contributed by atoms with Gasteiger partial charge in [0.25, 0.3) is 0 Å². The highest BCUT2D eigenvalue weighted by atomic mass is 19.1. The van der Waals surface area contributed by atoms with Gasteiger partial charge in [0, 0.05) is 18.2 Å². The molecule has 0 radical (unpaired) electrons. The molecule has 122 valence electrons. The molecule has 1 N–H and O–H groups in total. The number of aromatic nitrogens is 1. The van der Waals surface area contributed by atoms with Crippen LogP contribution in [0.3, 0.4) is 0 Å². The summed E-state index contributed by atoms with van der Waals surface area (Å²) in [5, 5.41) is 6.76. The van der Waals surface area contributed by atoms with Crippen LogP contribution in [-0.4, -0.2) is 17.6 Å². The minimum Gasteiger partial charge on any atom is -0.356 e. The van der Waals surface area contributed by atoms with Crippen LogP contribution < -0.4 is 5.32 Å². The van der Waals surface area contributed by atoms with E-state index in [-0.39, 0.29) is 18.1 Å². The number of benzene rings is 2. The van der Waals surface area contributed by atoms with Crippen molar-refractivity contribution in [2.45, 2.75) is 12.8 Å². The van der Waals surface area contributed by atoms with Crippen molar-refractivity contribution in [3.05, 3.63) is 77.7 Å². The molecule has 0 aliphatic rings. The number of nitrogens with one attached hydrogen (secondary N) is 1. The topological polar surface area (TPSA) is 55.1 Å². The average Bonchev–Trinajstić information content (AvgIpc) is 3.05. The van der Waals surface area contributed by atoms with Gasteiger partial charge in [-0.3, -0.25) is 4.79 Å². The Hall–Kier alpha value is -2.95. The van der Waals surface area contributed by atoms with Crippen LogP contribution in [-0.2, 0) is 17.6 Å². The van der Waals surface area contributed by atoms with Crippen LogP contribution in [0.1, 0.15) is 11.3 Å². The Morgan fingerprint density at radius 1 is 1.08 bits per heavy atom. The zero-order chi connectivity index (χ0) is 16.8. The predicted molar refractivity (Wildman–Crippen MR) is 88.8 cm³/mol. The highest BCUT2D eigenvalue weighted by Crippen LogP contribution is 2.20. The molecule has 1 heterocycles. The van der Waals surface area contributed by atoms with Crippen LogP contribution in [0.2, 0.25) is 0 Å². The Morgan fingerprint density at radius 2 is 1.83 bits per heavy atom.